The highest BCUT2D eigenvalue weighted by molar-refractivity contribution is 6.06. The quantitative estimate of drug-likeness (QED) is 0.785. The van der Waals surface area contributed by atoms with Crippen LogP contribution in [0.25, 0.3) is 11.0 Å². The molecule has 0 radical (unpaired) electrons. The van der Waals surface area contributed by atoms with E-state index in [0.717, 1.165) is 41.7 Å². The summed E-state index contributed by atoms with van der Waals surface area (Å²) in [6.45, 7) is 5.52. The Morgan fingerprint density at radius 2 is 2.17 bits per heavy atom. The van der Waals surface area contributed by atoms with Crippen molar-refractivity contribution in [3.05, 3.63) is 47.2 Å². The number of amides is 1. The van der Waals surface area contributed by atoms with Crippen molar-refractivity contribution in [2.24, 2.45) is 0 Å². The van der Waals surface area contributed by atoms with Gasteiger partial charge in [0.1, 0.15) is 24.0 Å². The Morgan fingerprint density at radius 1 is 1.33 bits per heavy atom. The van der Waals surface area contributed by atoms with Crippen LogP contribution < -0.4 is 0 Å². The number of aryl methyl sites for hydroxylation is 2. The molecule has 6 heteroatoms. The number of rotatable bonds is 2. The van der Waals surface area contributed by atoms with Gasteiger partial charge in [0.25, 0.3) is 5.91 Å². The monoisotopic (exact) mass is 324 g/mol. The lowest BCUT2D eigenvalue weighted by Gasteiger charge is -2.31. The number of aromatic amines is 1. The van der Waals surface area contributed by atoms with E-state index >= 15 is 0 Å². The maximum Gasteiger partial charge on any atom is 0.257 e. The summed E-state index contributed by atoms with van der Waals surface area (Å²) in [4.78, 5) is 19.1. The number of nitrogens with zero attached hydrogens (tertiary/aromatic N) is 3. The third-order valence-electron chi connectivity index (χ3n) is 4.95. The van der Waals surface area contributed by atoms with Gasteiger partial charge < -0.3 is 9.32 Å². The summed E-state index contributed by atoms with van der Waals surface area (Å²) >= 11 is 0. The zero-order valence-electron chi connectivity index (χ0n) is 13.9. The van der Waals surface area contributed by atoms with Crippen LogP contribution in [0.15, 0.2) is 29.1 Å². The minimum Gasteiger partial charge on any atom is -0.463 e. The Kier molecular flexibility index (Phi) is 3.59. The lowest BCUT2D eigenvalue weighted by atomic mass is 9.96. The Labute approximate surface area is 139 Å². The van der Waals surface area contributed by atoms with Crippen LogP contribution in [0.3, 0.4) is 0 Å². The number of aromatic nitrogens is 3. The summed E-state index contributed by atoms with van der Waals surface area (Å²) in [6.07, 6.45) is 5.09. The van der Waals surface area contributed by atoms with E-state index in [1.54, 1.807) is 6.26 Å². The van der Waals surface area contributed by atoms with Gasteiger partial charge in [-0.05, 0) is 49.9 Å². The van der Waals surface area contributed by atoms with Gasteiger partial charge in [0.15, 0.2) is 0 Å². The number of likely N-dealkylation sites (tertiary alicyclic amines) is 1. The van der Waals surface area contributed by atoms with Gasteiger partial charge in [-0.15, -0.1) is 0 Å². The normalized spacial score (nSPS) is 18.2. The summed E-state index contributed by atoms with van der Waals surface area (Å²) in [5.41, 5.74) is 3.74. The second kappa shape index (κ2) is 5.78. The summed E-state index contributed by atoms with van der Waals surface area (Å²) in [5, 5.41) is 7.74. The highest BCUT2D eigenvalue weighted by Gasteiger charge is 2.28. The van der Waals surface area contributed by atoms with Gasteiger partial charge in [-0.25, -0.2) is 4.98 Å². The van der Waals surface area contributed by atoms with Gasteiger partial charge in [0, 0.05) is 24.4 Å². The van der Waals surface area contributed by atoms with Crippen LogP contribution in [-0.4, -0.2) is 39.1 Å². The molecule has 0 aliphatic carbocycles. The molecule has 1 unspecified atom stereocenters. The fraction of sp³-hybridized carbons (Fsp3) is 0.389. The number of benzene rings is 1. The number of hydrogen-bond acceptors (Lipinski definition) is 4. The Bertz CT molecular complexity index is 882. The van der Waals surface area contributed by atoms with Gasteiger partial charge in [-0.2, -0.15) is 5.10 Å². The van der Waals surface area contributed by atoms with Crippen LogP contribution in [0.4, 0.5) is 0 Å². The molecule has 1 atom stereocenters. The molecule has 1 aliphatic rings. The molecular weight excluding hydrogens is 304 g/mol. The molecule has 1 N–H and O–H groups in total. The highest BCUT2D eigenvalue weighted by Crippen LogP contribution is 2.29. The zero-order chi connectivity index (χ0) is 16.7. The topological polar surface area (TPSA) is 75.0 Å². The number of carbonyl (C=O) groups is 1. The van der Waals surface area contributed by atoms with Gasteiger partial charge in [-0.3, -0.25) is 9.89 Å². The molecule has 1 saturated heterocycles. The van der Waals surface area contributed by atoms with Crippen molar-refractivity contribution in [3.8, 4) is 0 Å². The van der Waals surface area contributed by atoms with Crippen LogP contribution in [-0.2, 0) is 0 Å². The van der Waals surface area contributed by atoms with Crippen molar-refractivity contribution < 1.29 is 9.21 Å². The second-order valence-corrected chi connectivity index (χ2v) is 6.54. The van der Waals surface area contributed by atoms with Crippen LogP contribution in [0.5, 0.6) is 0 Å². The van der Waals surface area contributed by atoms with Gasteiger partial charge in [-0.1, -0.05) is 0 Å². The molecule has 4 rings (SSSR count). The number of carbonyl (C=O) groups excluding carboxylic acids is 1. The van der Waals surface area contributed by atoms with Crippen molar-refractivity contribution in [3.63, 3.8) is 0 Å². The van der Waals surface area contributed by atoms with Crippen molar-refractivity contribution in [1.82, 2.24) is 20.1 Å². The van der Waals surface area contributed by atoms with Crippen LogP contribution in [0, 0.1) is 13.8 Å². The van der Waals surface area contributed by atoms with Gasteiger partial charge in [0.2, 0.25) is 0 Å². The highest BCUT2D eigenvalue weighted by atomic mass is 16.3. The number of piperidine rings is 1. The van der Waals surface area contributed by atoms with Crippen LogP contribution in [0.2, 0.25) is 0 Å². The number of nitrogens with one attached hydrogen (secondary N) is 1. The molecule has 3 heterocycles. The molecule has 0 saturated carbocycles. The summed E-state index contributed by atoms with van der Waals surface area (Å²) in [6, 6.07) is 4.04. The Hall–Kier alpha value is -2.63. The lowest BCUT2D eigenvalue weighted by Crippen LogP contribution is -2.39. The smallest absolute Gasteiger partial charge is 0.257 e. The van der Waals surface area contributed by atoms with E-state index in [1.807, 2.05) is 24.0 Å². The summed E-state index contributed by atoms with van der Waals surface area (Å²) < 4.78 is 5.62. The standard InChI is InChI=1S/C18H20N4O2/c1-11-6-14-15(9-24-16(14)7-12(11)2)18(23)22-5-3-4-13(8-22)17-19-10-20-21-17/h6-7,9-10,13H,3-5,8H2,1-2H3,(H,19,20,21). The second-order valence-electron chi connectivity index (χ2n) is 6.54. The molecule has 3 aromatic rings. The van der Waals surface area contributed by atoms with E-state index in [0.29, 0.717) is 12.1 Å². The molecule has 1 fully saturated rings. The SMILES string of the molecule is Cc1cc2occ(C(=O)N3CCCC(c4ncn[nH]4)C3)c2cc1C. The van der Waals surface area contributed by atoms with E-state index in [1.165, 1.54) is 11.9 Å². The van der Waals surface area contributed by atoms with Crippen molar-refractivity contribution in [2.45, 2.75) is 32.6 Å². The van der Waals surface area contributed by atoms with E-state index in [9.17, 15) is 4.79 Å². The summed E-state index contributed by atoms with van der Waals surface area (Å²) in [5.74, 6) is 1.10. The summed E-state index contributed by atoms with van der Waals surface area (Å²) in [7, 11) is 0. The maximum absolute atomic E-state index is 13.0. The van der Waals surface area contributed by atoms with Crippen molar-refractivity contribution in [2.75, 3.05) is 13.1 Å². The predicted molar refractivity (Wildman–Crippen MR) is 89.9 cm³/mol. The molecule has 24 heavy (non-hydrogen) atoms. The van der Waals surface area contributed by atoms with Gasteiger partial charge >= 0.3 is 0 Å². The van der Waals surface area contributed by atoms with Crippen molar-refractivity contribution >= 4 is 16.9 Å². The first kappa shape index (κ1) is 14.9. The average Bonchev–Trinajstić information content (AvgIpc) is 3.25. The fourth-order valence-corrected chi connectivity index (χ4v) is 3.42. The number of hydrogen-bond donors (Lipinski definition) is 1. The molecule has 1 aromatic carbocycles. The number of fused-ring (bicyclic) bond motifs is 1. The Balaban J connectivity index is 1.62. The molecule has 1 amide bonds. The number of H-pyrrole nitrogens is 1. The molecule has 0 spiro atoms. The van der Waals surface area contributed by atoms with E-state index in [2.05, 4.69) is 22.1 Å². The largest absolute Gasteiger partial charge is 0.463 e. The van der Waals surface area contributed by atoms with Crippen LogP contribution >= 0.6 is 0 Å². The lowest BCUT2D eigenvalue weighted by molar-refractivity contribution is 0.0705. The molecule has 0 bridgehead atoms. The molecule has 1 aliphatic heterocycles. The van der Waals surface area contributed by atoms with E-state index in [4.69, 9.17) is 4.42 Å². The molecule has 6 nitrogen and oxygen atoms in total. The van der Waals surface area contributed by atoms with Gasteiger partial charge in [0.05, 0.1) is 5.56 Å². The molecule has 124 valence electrons. The molecule has 2 aromatic heterocycles. The third kappa shape index (κ3) is 2.48. The van der Waals surface area contributed by atoms with Crippen LogP contribution in [0.1, 0.15) is 46.1 Å². The first-order valence-electron chi connectivity index (χ1n) is 8.26. The first-order valence-corrected chi connectivity index (χ1v) is 8.26. The number of furan rings is 1. The Morgan fingerprint density at radius 3 is 2.96 bits per heavy atom. The third-order valence-corrected chi connectivity index (χ3v) is 4.95. The fourth-order valence-electron chi connectivity index (χ4n) is 3.42. The average molecular weight is 324 g/mol. The zero-order valence-corrected chi connectivity index (χ0v) is 13.9. The first-order chi connectivity index (χ1) is 11.6. The minimum atomic E-state index is 0.0289. The van der Waals surface area contributed by atoms with E-state index in [-0.39, 0.29) is 11.8 Å². The molecular formula is C18H20N4O2. The maximum atomic E-state index is 13.0. The van der Waals surface area contributed by atoms with Crippen molar-refractivity contribution in [1.29, 1.82) is 0 Å². The predicted octanol–water partition coefficient (Wildman–Crippen LogP) is 3.19. The minimum absolute atomic E-state index is 0.0289. The van der Waals surface area contributed by atoms with E-state index < -0.39 is 0 Å².